The fourth-order valence-electron chi connectivity index (χ4n) is 1.50. The average Bonchev–Trinajstić information content (AvgIpc) is 2.88. The molecule has 0 aliphatic rings. The van der Waals surface area contributed by atoms with E-state index in [0.29, 0.717) is 12.8 Å². The first kappa shape index (κ1) is 11.2. The SMILES string of the molecule is Cc1noc(C)c1CCC(=O)Nc1nn[nH]n1. The second kappa shape index (κ2) is 4.73. The largest absolute Gasteiger partial charge is 0.361 e. The number of amides is 1. The molecule has 0 radical (unpaired) electrons. The van der Waals surface area contributed by atoms with Crippen LogP contribution in [0.15, 0.2) is 4.52 Å². The van der Waals surface area contributed by atoms with Crippen molar-refractivity contribution in [2.24, 2.45) is 0 Å². The summed E-state index contributed by atoms with van der Waals surface area (Å²) in [6.07, 6.45) is 0.891. The van der Waals surface area contributed by atoms with Crippen LogP contribution >= 0.6 is 0 Å². The van der Waals surface area contributed by atoms with Gasteiger partial charge in [0.25, 0.3) is 5.95 Å². The maximum Gasteiger partial charge on any atom is 0.269 e. The molecule has 2 heterocycles. The number of nitrogens with one attached hydrogen (secondary N) is 2. The van der Waals surface area contributed by atoms with E-state index in [0.717, 1.165) is 17.0 Å². The summed E-state index contributed by atoms with van der Waals surface area (Å²) in [6, 6.07) is 0. The molecule has 0 saturated carbocycles. The monoisotopic (exact) mass is 236 g/mol. The van der Waals surface area contributed by atoms with Crippen LogP contribution in [0.3, 0.4) is 0 Å². The minimum atomic E-state index is -0.175. The topological polar surface area (TPSA) is 110 Å². The van der Waals surface area contributed by atoms with Gasteiger partial charge in [-0.15, -0.1) is 5.10 Å². The van der Waals surface area contributed by atoms with Crippen LogP contribution in [0.5, 0.6) is 0 Å². The van der Waals surface area contributed by atoms with Crippen LogP contribution in [0.1, 0.15) is 23.4 Å². The molecule has 2 aromatic heterocycles. The minimum absolute atomic E-state index is 0.175. The van der Waals surface area contributed by atoms with E-state index < -0.39 is 0 Å². The number of hydrogen-bond donors (Lipinski definition) is 2. The second-order valence-corrected chi connectivity index (χ2v) is 3.59. The number of aryl methyl sites for hydroxylation is 2. The van der Waals surface area contributed by atoms with Crippen molar-refractivity contribution in [1.29, 1.82) is 0 Å². The lowest BCUT2D eigenvalue weighted by molar-refractivity contribution is -0.116. The van der Waals surface area contributed by atoms with Gasteiger partial charge >= 0.3 is 0 Å². The highest BCUT2D eigenvalue weighted by Gasteiger charge is 2.12. The Morgan fingerprint density at radius 3 is 2.88 bits per heavy atom. The fraction of sp³-hybridized carbons (Fsp3) is 0.444. The summed E-state index contributed by atoms with van der Waals surface area (Å²) >= 11 is 0. The number of hydrogen-bond acceptors (Lipinski definition) is 6. The predicted octanol–water partition coefficient (Wildman–Crippen LogP) is 0.376. The van der Waals surface area contributed by atoms with Crippen molar-refractivity contribution in [2.45, 2.75) is 26.7 Å². The van der Waals surface area contributed by atoms with Gasteiger partial charge < -0.3 is 4.52 Å². The zero-order valence-corrected chi connectivity index (χ0v) is 9.52. The van der Waals surface area contributed by atoms with Crippen molar-refractivity contribution < 1.29 is 9.32 Å². The lowest BCUT2D eigenvalue weighted by Gasteiger charge is -2.00. The Labute approximate surface area is 96.8 Å². The number of rotatable bonds is 4. The molecule has 0 bridgehead atoms. The molecule has 2 rings (SSSR count). The smallest absolute Gasteiger partial charge is 0.269 e. The highest BCUT2D eigenvalue weighted by atomic mass is 16.5. The van der Waals surface area contributed by atoms with E-state index in [4.69, 9.17) is 4.52 Å². The molecular formula is C9H12N6O2. The van der Waals surface area contributed by atoms with Crippen molar-refractivity contribution in [2.75, 3.05) is 5.32 Å². The van der Waals surface area contributed by atoms with Crippen molar-refractivity contribution >= 4 is 11.9 Å². The third kappa shape index (κ3) is 2.65. The van der Waals surface area contributed by atoms with Crippen molar-refractivity contribution in [3.63, 3.8) is 0 Å². The van der Waals surface area contributed by atoms with Gasteiger partial charge in [0.2, 0.25) is 5.91 Å². The van der Waals surface area contributed by atoms with E-state index in [9.17, 15) is 4.79 Å². The summed E-state index contributed by atoms with van der Waals surface area (Å²) in [6.45, 7) is 3.68. The van der Waals surface area contributed by atoms with Crippen LogP contribution < -0.4 is 5.32 Å². The lowest BCUT2D eigenvalue weighted by Crippen LogP contribution is -2.13. The number of anilines is 1. The summed E-state index contributed by atoms with van der Waals surface area (Å²) in [4.78, 5) is 11.5. The van der Waals surface area contributed by atoms with Crippen molar-refractivity contribution in [3.8, 4) is 0 Å². The van der Waals surface area contributed by atoms with Crippen LogP contribution in [-0.2, 0) is 11.2 Å². The van der Waals surface area contributed by atoms with E-state index >= 15 is 0 Å². The van der Waals surface area contributed by atoms with Gasteiger partial charge in [-0.3, -0.25) is 10.1 Å². The number of tetrazole rings is 1. The first-order chi connectivity index (χ1) is 8.16. The number of aromatic amines is 1. The average molecular weight is 236 g/mol. The van der Waals surface area contributed by atoms with Gasteiger partial charge in [-0.2, -0.15) is 5.21 Å². The molecule has 0 atom stereocenters. The van der Waals surface area contributed by atoms with E-state index in [-0.39, 0.29) is 11.9 Å². The van der Waals surface area contributed by atoms with Crippen LogP contribution in [0.4, 0.5) is 5.95 Å². The predicted molar refractivity (Wildman–Crippen MR) is 57.1 cm³/mol. The van der Waals surface area contributed by atoms with Gasteiger partial charge in [-0.1, -0.05) is 10.3 Å². The lowest BCUT2D eigenvalue weighted by atomic mass is 10.1. The number of nitrogens with zero attached hydrogens (tertiary/aromatic N) is 4. The first-order valence-corrected chi connectivity index (χ1v) is 5.12. The van der Waals surface area contributed by atoms with Gasteiger partial charge in [0, 0.05) is 12.0 Å². The molecule has 0 fully saturated rings. The third-order valence-corrected chi connectivity index (χ3v) is 2.38. The molecule has 0 saturated heterocycles. The normalized spacial score (nSPS) is 10.5. The van der Waals surface area contributed by atoms with Crippen LogP contribution in [0.25, 0.3) is 0 Å². The molecule has 0 spiro atoms. The standard InChI is InChI=1S/C9H12N6O2/c1-5-7(6(2)17-13-5)3-4-8(16)10-9-11-14-15-12-9/h3-4H2,1-2H3,(H2,10,11,12,14,15,16). The summed E-state index contributed by atoms with van der Waals surface area (Å²) in [7, 11) is 0. The molecular weight excluding hydrogens is 224 g/mol. The molecule has 17 heavy (non-hydrogen) atoms. The molecule has 0 aliphatic carbocycles. The van der Waals surface area contributed by atoms with Gasteiger partial charge in [-0.25, -0.2) is 0 Å². The number of carbonyl (C=O) groups is 1. The summed E-state index contributed by atoms with van der Waals surface area (Å²) in [5, 5.41) is 19.2. The van der Waals surface area contributed by atoms with E-state index in [1.54, 1.807) is 0 Å². The van der Waals surface area contributed by atoms with E-state index in [2.05, 4.69) is 31.1 Å². The Bertz CT molecular complexity index is 484. The quantitative estimate of drug-likeness (QED) is 0.793. The van der Waals surface area contributed by atoms with Crippen molar-refractivity contribution in [1.82, 2.24) is 25.8 Å². The van der Waals surface area contributed by atoms with Crippen molar-refractivity contribution in [3.05, 3.63) is 17.0 Å². The van der Waals surface area contributed by atoms with Gasteiger partial charge in [0.1, 0.15) is 5.76 Å². The number of H-pyrrole nitrogens is 1. The zero-order chi connectivity index (χ0) is 12.3. The van der Waals surface area contributed by atoms with Gasteiger partial charge in [-0.05, 0) is 25.5 Å². The molecule has 8 heteroatoms. The Kier molecular flexibility index (Phi) is 3.12. The van der Waals surface area contributed by atoms with Crippen LogP contribution in [-0.4, -0.2) is 31.7 Å². The molecule has 0 aliphatic heterocycles. The summed E-state index contributed by atoms with van der Waals surface area (Å²) in [5.74, 6) is 0.745. The maximum atomic E-state index is 11.5. The Balaban J connectivity index is 1.88. The van der Waals surface area contributed by atoms with Gasteiger partial charge in [0.05, 0.1) is 5.69 Å². The van der Waals surface area contributed by atoms with E-state index in [1.165, 1.54) is 0 Å². The summed E-state index contributed by atoms with van der Waals surface area (Å²) in [5.41, 5.74) is 1.78. The molecule has 2 N–H and O–H groups in total. The highest BCUT2D eigenvalue weighted by Crippen LogP contribution is 2.14. The van der Waals surface area contributed by atoms with Crippen LogP contribution in [0, 0.1) is 13.8 Å². The fourth-order valence-corrected chi connectivity index (χ4v) is 1.50. The number of aromatic nitrogens is 5. The molecule has 0 unspecified atom stereocenters. The molecule has 0 aromatic carbocycles. The zero-order valence-electron chi connectivity index (χ0n) is 9.52. The highest BCUT2D eigenvalue weighted by molar-refractivity contribution is 5.88. The summed E-state index contributed by atoms with van der Waals surface area (Å²) < 4.78 is 5.01. The molecule has 1 amide bonds. The second-order valence-electron chi connectivity index (χ2n) is 3.59. The first-order valence-electron chi connectivity index (χ1n) is 5.12. The maximum absolute atomic E-state index is 11.5. The Morgan fingerprint density at radius 1 is 1.47 bits per heavy atom. The Hall–Kier alpha value is -2.25. The molecule has 90 valence electrons. The third-order valence-electron chi connectivity index (χ3n) is 2.38. The van der Waals surface area contributed by atoms with Gasteiger partial charge in [0.15, 0.2) is 0 Å². The number of carbonyl (C=O) groups excluding carboxylic acids is 1. The Morgan fingerprint density at radius 2 is 2.29 bits per heavy atom. The molecule has 8 nitrogen and oxygen atoms in total. The van der Waals surface area contributed by atoms with E-state index in [1.807, 2.05) is 13.8 Å². The minimum Gasteiger partial charge on any atom is -0.361 e. The molecule has 2 aromatic rings. The van der Waals surface area contributed by atoms with Crippen LogP contribution in [0.2, 0.25) is 0 Å².